The van der Waals surface area contributed by atoms with Gasteiger partial charge in [-0.15, -0.1) is 0 Å². The summed E-state index contributed by atoms with van der Waals surface area (Å²) in [4.78, 5) is 17.1. The van der Waals surface area contributed by atoms with E-state index in [2.05, 4.69) is 17.4 Å². The molecule has 0 bridgehead atoms. The molecule has 1 N–H and O–H groups in total. The highest BCUT2D eigenvalue weighted by Crippen LogP contribution is 2.17. The third kappa shape index (κ3) is 4.01. The summed E-state index contributed by atoms with van der Waals surface area (Å²) in [7, 11) is 1.64. The van der Waals surface area contributed by atoms with Crippen molar-refractivity contribution in [3.8, 4) is 0 Å². The molecule has 3 heteroatoms. The normalized spacial score (nSPS) is 11.2. The van der Waals surface area contributed by atoms with Crippen LogP contribution in [0.15, 0.2) is 89.9 Å². The first-order chi connectivity index (χ1) is 12.3. The Kier molecular flexibility index (Phi) is 5.37. The molecular formula is C22H20N2O. The summed E-state index contributed by atoms with van der Waals surface area (Å²) < 4.78 is 0. The number of aliphatic imine (C=N–C) groups is 1. The van der Waals surface area contributed by atoms with Gasteiger partial charge in [0.1, 0.15) is 0 Å². The molecule has 3 rings (SSSR count). The van der Waals surface area contributed by atoms with Crippen LogP contribution in [-0.2, 0) is 6.54 Å². The van der Waals surface area contributed by atoms with Crippen LogP contribution in [0.5, 0.6) is 0 Å². The standard InChI is InChI=1S/C22H20N2O/c1-23-22(25)20-15-9-8-14-19(20)21(18-12-6-3-7-13-18)24-16-17-10-4-2-5-11-17/h2-15H,16H2,1H3,(H,23,25). The fourth-order valence-electron chi connectivity index (χ4n) is 2.70. The van der Waals surface area contributed by atoms with E-state index in [4.69, 9.17) is 4.99 Å². The maximum Gasteiger partial charge on any atom is 0.251 e. The van der Waals surface area contributed by atoms with E-state index in [1.54, 1.807) is 7.05 Å². The van der Waals surface area contributed by atoms with E-state index in [-0.39, 0.29) is 5.91 Å². The van der Waals surface area contributed by atoms with Crippen LogP contribution in [0.4, 0.5) is 0 Å². The minimum absolute atomic E-state index is 0.112. The van der Waals surface area contributed by atoms with Gasteiger partial charge in [0.15, 0.2) is 0 Å². The molecule has 124 valence electrons. The van der Waals surface area contributed by atoms with Crippen LogP contribution in [-0.4, -0.2) is 18.7 Å². The Labute approximate surface area is 148 Å². The Morgan fingerprint density at radius 2 is 1.36 bits per heavy atom. The molecule has 1 amide bonds. The van der Waals surface area contributed by atoms with E-state index in [9.17, 15) is 4.79 Å². The summed E-state index contributed by atoms with van der Waals surface area (Å²) >= 11 is 0. The zero-order chi connectivity index (χ0) is 17.5. The first kappa shape index (κ1) is 16.7. The van der Waals surface area contributed by atoms with Gasteiger partial charge in [0.25, 0.3) is 5.91 Å². The zero-order valence-electron chi connectivity index (χ0n) is 14.1. The summed E-state index contributed by atoms with van der Waals surface area (Å²) in [6.07, 6.45) is 0. The molecule has 3 nitrogen and oxygen atoms in total. The summed E-state index contributed by atoms with van der Waals surface area (Å²) in [6.45, 7) is 0.563. The number of carbonyl (C=O) groups excluding carboxylic acids is 1. The van der Waals surface area contributed by atoms with Gasteiger partial charge in [-0.2, -0.15) is 0 Å². The SMILES string of the molecule is CNC(=O)c1ccccc1C(=NCc1ccccc1)c1ccccc1. The summed E-state index contributed by atoms with van der Waals surface area (Å²) in [6, 6.07) is 27.7. The molecular weight excluding hydrogens is 308 g/mol. The Bertz CT molecular complexity index is 871. The van der Waals surface area contributed by atoms with Crippen molar-refractivity contribution in [3.05, 3.63) is 107 Å². The predicted molar refractivity (Wildman–Crippen MR) is 102 cm³/mol. The highest BCUT2D eigenvalue weighted by atomic mass is 16.1. The van der Waals surface area contributed by atoms with Crippen LogP contribution in [0.25, 0.3) is 0 Å². The van der Waals surface area contributed by atoms with Crippen molar-refractivity contribution in [2.45, 2.75) is 6.54 Å². The number of benzene rings is 3. The van der Waals surface area contributed by atoms with Gasteiger partial charge < -0.3 is 5.32 Å². The number of nitrogens with zero attached hydrogens (tertiary/aromatic N) is 1. The fraction of sp³-hybridized carbons (Fsp3) is 0.0909. The van der Waals surface area contributed by atoms with Crippen molar-refractivity contribution in [1.29, 1.82) is 0 Å². The van der Waals surface area contributed by atoms with Crippen molar-refractivity contribution < 1.29 is 4.79 Å². The van der Waals surface area contributed by atoms with Gasteiger partial charge in [-0.25, -0.2) is 0 Å². The quantitative estimate of drug-likeness (QED) is 0.704. The van der Waals surface area contributed by atoms with Crippen molar-refractivity contribution in [3.63, 3.8) is 0 Å². The molecule has 25 heavy (non-hydrogen) atoms. The van der Waals surface area contributed by atoms with Crippen LogP contribution in [0.3, 0.4) is 0 Å². The first-order valence-electron chi connectivity index (χ1n) is 8.25. The molecule has 0 atom stereocenters. The lowest BCUT2D eigenvalue weighted by molar-refractivity contribution is 0.0963. The molecule has 0 spiro atoms. The van der Waals surface area contributed by atoms with Gasteiger partial charge >= 0.3 is 0 Å². The van der Waals surface area contributed by atoms with Gasteiger partial charge in [0.05, 0.1) is 12.3 Å². The molecule has 0 aromatic heterocycles. The second kappa shape index (κ2) is 8.06. The molecule has 0 radical (unpaired) electrons. The van der Waals surface area contributed by atoms with E-state index < -0.39 is 0 Å². The van der Waals surface area contributed by atoms with E-state index in [0.717, 1.165) is 22.4 Å². The molecule has 0 fully saturated rings. The second-order valence-corrected chi connectivity index (χ2v) is 5.64. The number of hydrogen-bond acceptors (Lipinski definition) is 2. The molecule has 0 heterocycles. The van der Waals surface area contributed by atoms with Crippen LogP contribution in [0.2, 0.25) is 0 Å². The highest BCUT2D eigenvalue weighted by molar-refractivity contribution is 6.18. The van der Waals surface area contributed by atoms with Gasteiger partial charge in [-0.05, 0) is 11.6 Å². The number of carbonyl (C=O) groups is 1. The maximum atomic E-state index is 12.3. The van der Waals surface area contributed by atoms with Crippen LogP contribution < -0.4 is 5.32 Å². The van der Waals surface area contributed by atoms with Gasteiger partial charge in [-0.3, -0.25) is 9.79 Å². The lowest BCUT2D eigenvalue weighted by Crippen LogP contribution is -2.21. The Morgan fingerprint density at radius 1 is 0.800 bits per heavy atom. The lowest BCUT2D eigenvalue weighted by Gasteiger charge is -2.12. The Balaban J connectivity index is 2.08. The first-order valence-corrected chi connectivity index (χ1v) is 8.25. The fourth-order valence-corrected chi connectivity index (χ4v) is 2.70. The second-order valence-electron chi connectivity index (χ2n) is 5.64. The lowest BCUT2D eigenvalue weighted by atomic mass is 9.97. The minimum atomic E-state index is -0.112. The van der Waals surface area contributed by atoms with Crippen LogP contribution in [0.1, 0.15) is 27.0 Å². The number of nitrogens with one attached hydrogen (secondary N) is 1. The molecule has 3 aromatic rings. The Morgan fingerprint density at radius 3 is 2.00 bits per heavy atom. The third-order valence-electron chi connectivity index (χ3n) is 3.96. The van der Waals surface area contributed by atoms with E-state index in [0.29, 0.717) is 12.1 Å². The number of rotatable bonds is 5. The molecule has 3 aromatic carbocycles. The zero-order valence-corrected chi connectivity index (χ0v) is 14.1. The molecule has 0 aliphatic rings. The number of amides is 1. The topological polar surface area (TPSA) is 41.5 Å². The van der Waals surface area contributed by atoms with Crippen molar-refractivity contribution in [2.75, 3.05) is 7.05 Å². The monoisotopic (exact) mass is 328 g/mol. The van der Waals surface area contributed by atoms with E-state index in [1.807, 2.05) is 72.8 Å². The van der Waals surface area contributed by atoms with E-state index in [1.165, 1.54) is 0 Å². The van der Waals surface area contributed by atoms with Gasteiger partial charge in [0, 0.05) is 23.7 Å². The maximum absolute atomic E-state index is 12.3. The van der Waals surface area contributed by atoms with E-state index >= 15 is 0 Å². The third-order valence-corrected chi connectivity index (χ3v) is 3.96. The molecule has 0 saturated heterocycles. The predicted octanol–water partition coefficient (Wildman–Crippen LogP) is 4.08. The minimum Gasteiger partial charge on any atom is -0.355 e. The molecule has 0 aliphatic heterocycles. The average Bonchev–Trinajstić information content (AvgIpc) is 2.69. The van der Waals surface area contributed by atoms with Crippen LogP contribution >= 0.6 is 0 Å². The Hall–Kier alpha value is -3.20. The van der Waals surface area contributed by atoms with Gasteiger partial charge in [0.2, 0.25) is 0 Å². The largest absolute Gasteiger partial charge is 0.355 e. The van der Waals surface area contributed by atoms with Gasteiger partial charge in [-0.1, -0.05) is 78.9 Å². The summed E-state index contributed by atoms with van der Waals surface area (Å²) in [5.74, 6) is -0.112. The molecule has 0 unspecified atom stereocenters. The number of hydrogen-bond donors (Lipinski definition) is 1. The summed E-state index contributed by atoms with van der Waals surface area (Å²) in [5, 5.41) is 2.71. The molecule has 0 saturated carbocycles. The van der Waals surface area contributed by atoms with Crippen LogP contribution in [0, 0.1) is 0 Å². The van der Waals surface area contributed by atoms with Crippen molar-refractivity contribution in [1.82, 2.24) is 5.32 Å². The summed E-state index contributed by atoms with van der Waals surface area (Å²) in [5.41, 5.74) is 4.41. The smallest absolute Gasteiger partial charge is 0.251 e. The molecule has 0 aliphatic carbocycles. The van der Waals surface area contributed by atoms with Crippen molar-refractivity contribution in [2.24, 2.45) is 4.99 Å². The highest BCUT2D eigenvalue weighted by Gasteiger charge is 2.15. The van der Waals surface area contributed by atoms with Crippen molar-refractivity contribution >= 4 is 11.6 Å². The average molecular weight is 328 g/mol.